The van der Waals surface area contributed by atoms with Gasteiger partial charge in [0, 0.05) is 5.69 Å². The number of nitrogens with one attached hydrogen (secondary N) is 1. The molecule has 2 N–H and O–H groups in total. The monoisotopic (exact) mass is 236 g/mol. The van der Waals surface area contributed by atoms with Crippen LogP contribution in [0, 0.1) is 11.3 Å². The Morgan fingerprint density at radius 3 is 2.81 bits per heavy atom. The predicted octanol–water partition coefficient (Wildman–Crippen LogP) is 2.54. The molecule has 1 aromatic rings. The van der Waals surface area contributed by atoms with Crippen molar-refractivity contribution in [2.45, 2.75) is 31.4 Å². The number of hydrogen-bond acceptors (Lipinski definition) is 3. The smallest absolute Gasteiger partial charge is 0.101 e. The van der Waals surface area contributed by atoms with Crippen molar-refractivity contribution in [3.05, 3.63) is 28.8 Å². The summed E-state index contributed by atoms with van der Waals surface area (Å²) in [6, 6.07) is 7.35. The van der Waals surface area contributed by atoms with Crippen molar-refractivity contribution in [3.63, 3.8) is 0 Å². The first kappa shape index (κ1) is 11.3. The fourth-order valence-corrected chi connectivity index (χ4v) is 2.24. The summed E-state index contributed by atoms with van der Waals surface area (Å²) >= 11 is 5.93. The van der Waals surface area contributed by atoms with Crippen LogP contribution < -0.4 is 5.32 Å². The standard InChI is InChI=1S/C12H13ClN2O/c13-10-6-9(5-4-8(10)7-14)15-11-2-1-3-12(11)16/h4-6,11-12,15-16H,1-3H2. The average molecular weight is 237 g/mol. The van der Waals surface area contributed by atoms with Crippen LogP contribution in [-0.2, 0) is 0 Å². The van der Waals surface area contributed by atoms with Crippen LogP contribution in [0.5, 0.6) is 0 Å². The van der Waals surface area contributed by atoms with Gasteiger partial charge in [-0.1, -0.05) is 11.6 Å². The lowest BCUT2D eigenvalue weighted by Gasteiger charge is -2.17. The summed E-state index contributed by atoms with van der Waals surface area (Å²) in [5, 5.41) is 22.1. The van der Waals surface area contributed by atoms with E-state index in [0.717, 1.165) is 24.9 Å². The maximum atomic E-state index is 9.67. The van der Waals surface area contributed by atoms with E-state index in [1.807, 2.05) is 12.1 Å². The van der Waals surface area contributed by atoms with E-state index in [-0.39, 0.29) is 12.1 Å². The third-order valence-corrected chi connectivity index (χ3v) is 3.23. The normalized spacial score (nSPS) is 24.1. The van der Waals surface area contributed by atoms with Crippen LogP contribution in [0.3, 0.4) is 0 Å². The van der Waals surface area contributed by atoms with Gasteiger partial charge >= 0.3 is 0 Å². The minimum Gasteiger partial charge on any atom is -0.391 e. The first-order valence-electron chi connectivity index (χ1n) is 5.35. The highest BCUT2D eigenvalue weighted by molar-refractivity contribution is 6.32. The van der Waals surface area contributed by atoms with E-state index in [9.17, 15) is 5.11 Å². The molecule has 0 radical (unpaired) electrons. The highest BCUT2D eigenvalue weighted by Crippen LogP contribution is 2.25. The fourth-order valence-electron chi connectivity index (χ4n) is 2.02. The molecule has 16 heavy (non-hydrogen) atoms. The summed E-state index contributed by atoms with van der Waals surface area (Å²) in [7, 11) is 0. The van der Waals surface area contributed by atoms with E-state index >= 15 is 0 Å². The number of benzene rings is 1. The van der Waals surface area contributed by atoms with Crippen molar-refractivity contribution in [2.75, 3.05) is 5.32 Å². The fraction of sp³-hybridized carbons (Fsp3) is 0.417. The van der Waals surface area contributed by atoms with Crippen LogP contribution >= 0.6 is 11.6 Å². The number of aliphatic hydroxyl groups is 1. The van der Waals surface area contributed by atoms with Crippen molar-refractivity contribution in [3.8, 4) is 6.07 Å². The van der Waals surface area contributed by atoms with Gasteiger partial charge in [-0.3, -0.25) is 0 Å². The Hall–Kier alpha value is -1.24. The summed E-state index contributed by atoms with van der Waals surface area (Å²) < 4.78 is 0. The van der Waals surface area contributed by atoms with Crippen molar-refractivity contribution in [1.82, 2.24) is 0 Å². The van der Waals surface area contributed by atoms with Crippen LogP contribution in [0.15, 0.2) is 18.2 Å². The van der Waals surface area contributed by atoms with Crippen molar-refractivity contribution in [2.24, 2.45) is 0 Å². The maximum Gasteiger partial charge on any atom is 0.101 e. The lowest BCUT2D eigenvalue weighted by molar-refractivity contribution is 0.172. The minimum absolute atomic E-state index is 0.101. The average Bonchev–Trinajstić information content (AvgIpc) is 2.65. The number of hydrogen-bond donors (Lipinski definition) is 2. The lowest BCUT2D eigenvalue weighted by Crippen LogP contribution is -2.27. The summed E-state index contributed by atoms with van der Waals surface area (Å²) in [5.41, 5.74) is 1.33. The molecule has 0 saturated heterocycles. The van der Waals surface area contributed by atoms with Crippen LogP contribution in [-0.4, -0.2) is 17.3 Å². The Kier molecular flexibility index (Phi) is 3.33. The topological polar surface area (TPSA) is 56.0 Å². The molecule has 2 unspecified atom stereocenters. The van der Waals surface area contributed by atoms with E-state index in [0.29, 0.717) is 10.6 Å². The molecule has 0 bridgehead atoms. The Labute approximate surface area is 99.7 Å². The van der Waals surface area contributed by atoms with Gasteiger partial charge in [-0.15, -0.1) is 0 Å². The van der Waals surface area contributed by atoms with E-state index in [2.05, 4.69) is 5.32 Å². The number of nitriles is 1. The molecule has 0 spiro atoms. The van der Waals surface area contributed by atoms with E-state index in [1.54, 1.807) is 12.1 Å². The van der Waals surface area contributed by atoms with Crippen molar-refractivity contribution >= 4 is 17.3 Å². The lowest BCUT2D eigenvalue weighted by atomic mass is 10.1. The Balaban J connectivity index is 2.11. The van der Waals surface area contributed by atoms with Crippen molar-refractivity contribution in [1.29, 1.82) is 5.26 Å². The molecule has 1 fully saturated rings. The first-order chi connectivity index (χ1) is 7.70. The highest BCUT2D eigenvalue weighted by atomic mass is 35.5. The molecule has 84 valence electrons. The molecular weight excluding hydrogens is 224 g/mol. The van der Waals surface area contributed by atoms with Gasteiger partial charge in [0.15, 0.2) is 0 Å². The zero-order valence-corrected chi connectivity index (χ0v) is 9.54. The quantitative estimate of drug-likeness (QED) is 0.830. The van der Waals surface area contributed by atoms with Crippen LogP contribution in [0.4, 0.5) is 5.69 Å². The molecular formula is C12H13ClN2O. The largest absolute Gasteiger partial charge is 0.391 e. The zero-order chi connectivity index (χ0) is 11.5. The van der Waals surface area contributed by atoms with Crippen LogP contribution in [0.2, 0.25) is 5.02 Å². The highest BCUT2D eigenvalue weighted by Gasteiger charge is 2.24. The van der Waals surface area contributed by atoms with E-state index in [4.69, 9.17) is 16.9 Å². The van der Waals surface area contributed by atoms with Crippen LogP contribution in [0.25, 0.3) is 0 Å². The second-order valence-electron chi connectivity index (χ2n) is 4.06. The SMILES string of the molecule is N#Cc1ccc(NC2CCCC2O)cc1Cl. The van der Waals surface area contributed by atoms with Gasteiger partial charge in [0.2, 0.25) is 0 Å². The van der Waals surface area contributed by atoms with Gasteiger partial charge in [0.05, 0.1) is 22.7 Å². The molecule has 0 aromatic heterocycles. The third-order valence-electron chi connectivity index (χ3n) is 2.92. The maximum absolute atomic E-state index is 9.67. The molecule has 2 rings (SSSR count). The zero-order valence-electron chi connectivity index (χ0n) is 8.78. The summed E-state index contributed by atoms with van der Waals surface area (Å²) in [4.78, 5) is 0. The summed E-state index contributed by atoms with van der Waals surface area (Å²) in [6.07, 6.45) is 2.58. The van der Waals surface area contributed by atoms with Gasteiger partial charge in [-0.2, -0.15) is 5.26 Å². The number of anilines is 1. The molecule has 0 amide bonds. The predicted molar refractivity (Wildman–Crippen MR) is 63.4 cm³/mol. The molecule has 1 saturated carbocycles. The van der Waals surface area contributed by atoms with E-state index < -0.39 is 0 Å². The van der Waals surface area contributed by atoms with Gasteiger partial charge in [0.1, 0.15) is 6.07 Å². The molecule has 0 heterocycles. The molecule has 3 nitrogen and oxygen atoms in total. The molecule has 1 aliphatic rings. The number of nitrogens with zero attached hydrogens (tertiary/aromatic N) is 1. The Bertz CT molecular complexity index is 428. The second-order valence-corrected chi connectivity index (χ2v) is 4.46. The van der Waals surface area contributed by atoms with Crippen molar-refractivity contribution < 1.29 is 5.11 Å². The van der Waals surface area contributed by atoms with E-state index in [1.165, 1.54) is 0 Å². The number of aliphatic hydroxyl groups excluding tert-OH is 1. The van der Waals surface area contributed by atoms with Gasteiger partial charge < -0.3 is 10.4 Å². The Morgan fingerprint density at radius 1 is 1.44 bits per heavy atom. The first-order valence-corrected chi connectivity index (χ1v) is 5.73. The summed E-state index contributed by atoms with van der Waals surface area (Å²) in [6.45, 7) is 0. The number of halogens is 1. The summed E-state index contributed by atoms with van der Waals surface area (Å²) in [5.74, 6) is 0. The third kappa shape index (κ3) is 2.29. The molecule has 0 aliphatic heterocycles. The Morgan fingerprint density at radius 2 is 2.25 bits per heavy atom. The van der Waals surface area contributed by atoms with Gasteiger partial charge in [0.25, 0.3) is 0 Å². The molecule has 2 atom stereocenters. The molecule has 1 aliphatic carbocycles. The molecule has 4 heteroatoms. The van der Waals surface area contributed by atoms with Gasteiger partial charge in [-0.05, 0) is 37.5 Å². The molecule has 1 aromatic carbocycles. The number of rotatable bonds is 2. The van der Waals surface area contributed by atoms with Gasteiger partial charge in [-0.25, -0.2) is 0 Å². The second kappa shape index (κ2) is 4.73. The van der Waals surface area contributed by atoms with Crippen LogP contribution in [0.1, 0.15) is 24.8 Å². The minimum atomic E-state index is -0.283.